The van der Waals surface area contributed by atoms with Crippen molar-refractivity contribution in [1.82, 2.24) is 14.9 Å². The van der Waals surface area contributed by atoms with Crippen molar-refractivity contribution >= 4 is 16.9 Å². The number of para-hydroxylation sites is 1. The molecule has 23 heavy (non-hydrogen) atoms. The van der Waals surface area contributed by atoms with Crippen LogP contribution in [0.15, 0.2) is 54.9 Å². The van der Waals surface area contributed by atoms with Gasteiger partial charge in [-0.05, 0) is 36.7 Å². The molecule has 118 valence electrons. The summed E-state index contributed by atoms with van der Waals surface area (Å²) in [6.07, 6.45) is 4.74. The van der Waals surface area contributed by atoms with Gasteiger partial charge in [0.2, 0.25) is 0 Å². The van der Waals surface area contributed by atoms with Crippen molar-refractivity contribution in [1.29, 1.82) is 0 Å². The van der Waals surface area contributed by atoms with E-state index in [0.29, 0.717) is 6.54 Å². The summed E-state index contributed by atoms with van der Waals surface area (Å²) in [5.74, 6) is -0.831. The van der Waals surface area contributed by atoms with Gasteiger partial charge in [0.05, 0.1) is 18.8 Å². The molecule has 3 rings (SSSR count). The molecule has 0 saturated carbocycles. The Labute approximate surface area is 134 Å². The van der Waals surface area contributed by atoms with Crippen molar-refractivity contribution in [3.05, 3.63) is 66.1 Å². The van der Waals surface area contributed by atoms with E-state index in [1.807, 2.05) is 30.3 Å². The van der Waals surface area contributed by atoms with Gasteiger partial charge < -0.3 is 15.0 Å². The average molecular weight is 309 g/mol. The Hall–Kier alpha value is -2.66. The Morgan fingerprint density at radius 2 is 2.00 bits per heavy atom. The number of aliphatic carboxylic acids is 1. The molecule has 0 amide bonds. The second-order valence-corrected chi connectivity index (χ2v) is 5.44. The second-order valence-electron chi connectivity index (χ2n) is 5.44. The first-order chi connectivity index (χ1) is 11.2. The van der Waals surface area contributed by atoms with Crippen LogP contribution in [0.2, 0.25) is 0 Å². The number of pyridine rings is 1. The molecule has 3 aromatic rings. The third-order valence-corrected chi connectivity index (χ3v) is 3.78. The number of carbonyl (C=O) groups is 1. The van der Waals surface area contributed by atoms with E-state index in [9.17, 15) is 4.79 Å². The minimum Gasteiger partial charge on any atom is -0.480 e. The number of fused-ring (bicyclic) bond motifs is 1. The van der Waals surface area contributed by atoms with Crippen LogP contribution in [0.3, 0.4) is 0 Å². The largest absolute Gasteiger partial charge is 0.480 e. The molecule has 0 atom stereocenters. The normalized spacial score (nSPS) is 11.0. The number of rotatable bonds is 7. The maximum atomic E-state index is 10.6. The molecule has 2 heterocycles. The Morgan fingerprint density at radius 1 is 1.17 bits per heavy atom. The third kappa shape index (κ3) is 3.76. The standard InChI is InChI=1S/C18H19N3O2/c22-18(23)11-19-10-8-14-12-21(13-15-5-3-4-9-20-15)17-7-2-1-6-16(14)17/h1-7,9,12,19H,8,10-11,13H2,(H,22,23). The van der Waals surface area contributed by atoms with Crippen LogP contribution in [0.5, 0.6) is 0 Å². The predicted octanol–water partition coefficient (Wildman–Crippen LogP) is 2.30. The summed E-state index contributed by atoms with van der Waals surface area (Å²) in [4.78, 5) is 14.9. The second kappa shape index (κ2) is 7.07. The Morgan fingerprint density at radius 3 is 2.78 bits per heavy atom. The molecule has 1 aromatic carbocycles. The van der Waals surface area contributed by atoms with Crippen LogP contribution in [0.25, 0.3) is 10.9 Å². The molecule has 5 nitrogen and oxygen atoms in total. The zero-order chi connectivity index (χ0) is 16.1. The lowest BCUT2D eigenvalue weighted by atomic mass is 10.1. The zero-order valence-electron chi connectivity index (χ0n) is 12.8. The van der Waals surface area contributed by atoms with Crippen LogP contribution in [0.1, 0.15) is 11.3 Å². The van der Waals surface area contributed by atoms with E-state index < -0.39 is 5.97 Å². The van der Waals surface area contributed by atoms with Gasteiger partial charge in [0.1, 0.15) is 0 Å². The van der Waals surface area contributed by atoms with E-state index in [0.717, 1.165) is 18.7 Å². The van der Waals surface area contributed by atoms with E-state index in [1.54, 1.807) is 6.20 Å². The lowest BCUT2D eigenvalue weighted by molar-refractivity contribution is -0.135. The smallest absolute Gasteiger partial charge is 0.317 e. The van der Waals surface area contributed by atoms with Crippen LogP contribution in [0.4, 0.5) is 0 Å². The molecule has 0 fully saturated rings. The molecule has 0 unspecified atom stereocenters. The van der Waals surface area contributed by atoms with Crippen molar-refractivity contribution in [2.75, 3.05) is 13.1 Å². The molecule has 0 bridgehead atoms. The Kier molecular flexibility index (Phi) is 4.68. The fourth-order valence-electron chi connectivity index (χ4n) is 2.74. The Balaban J connectivity index is 1.80. The van der Waals surface area contributed by atoms with E-state index in [2.05, 4.69) is 33.2 Å². The number of hydrogen-bond donors (Lipinski definition) is 2. The van der Waals surface area contributed by atoms with Crippen LogP contribution in [-0.4, -0.2) is 33.7 Å². The topological polar surface area (TPSA) is 67.2 Å². The summed E-state index contributed by atoms with van der Waals surface area (Å²) in [5.41, 5.74) is 3.41. The van der Waals surface area contributed by atoms with Gasteiger partial charge in [-0.15, -0.1) is 0 Å². The molecule has 0 aliphatic heterocycles. The van der Waals surface area contributed by atoms with Gasteiger partial charge in [-0.1, -0.05) is 24.3 Å². The molecule has 2 N–H and O–H groups in total. The number of aromatic nitrogens is 2. The molecular formula is C18H19N3O2. The highest BCUT2D eigenvalue weighted by atomic mass is 16.4. The van der Waals surface area contributed by atoms with Crippen molar-refractivity contribution in [2.24, 2.45) is 0 Å². The zero-order valence-corrected chi connectivity index (χ0v) is 12.8. The van der Waals surface area contributed by atoms with Gasteiger partial charge in [0.15, 0.2) is 0 Å². The summed E-state index contributed by atoms with van der Waals surface area (Å²) >= 11 is 0. The quantitative estimate of drug-likeness (QED) is 0.657. The summed E-state index contributed by atoms with van der Waals surface area (Å²) < 4.78 is 2.20. The molecule has 2 aromatic heterocycles. The highest BCUT2D eigenvalue weighted by Crippen LogP contribution is 2.22. The minimum atomic E-state index is -0.831. The Bertz CT molecular complexity index is 796. The number of nitrogens with one attached hydrogen (secondary N) is 1. The lowest BCUT2D eigenvalue weighted by Crippen LogP contribution is -2.24. The van der Waals surface area contributed by atoms with E-state index in [1.165, 1.54) is 16.5 Å². The summed E-state index contributed by atoms with van der Waals surface area (Å²) in [5, 5.41) is 12.8. The SMILES string of the molecule is O=C(O)CNCCc1cn(Cc2ccccn2)c2ccccc12. The number of carboxylic acid groups (broad SMARTS) is 1. The van der Waals surface area contributed by atoms with Gasteiger partial charge in [-0.3, -0.25) is 9.78 Å². The first-order valence-corrected chi connectivity index (χ1v) is 7.63. The van der Waals surface area contributed by atoms with Crippen molar-refractivity contribution < 1.29 is 9.90 Å². The van der Waals surface area contributed by atoms with Crippen LogP contribution in [0, 0.1) is 0 Å². The van der Waals surface area contributed by atoms with E-state index in [-0.39, 0.29) is 6.54 Å². The van der Waals surface area contributed by atoms with Crippen LogP contribution in [-0.2, 0) is 17.8 Å². The molecular weight excluding hydrogens is 290 g/mol. The molecule has 0 saturated heterocycles. The van der Waals surface area contributed by atoms with Crippen molar-refractivity contribution in [3.8, 4) is 0 Å². The van der Waals surface area contributed by atoms with Crippen molar-refractivity contribution in [2.45, 2.75) is 13.0 Å². The average Bonchev–Trinajstić information content (AvgIpc) is 2.91. The van der Waals surface area contributed by atoms with Crippen LogP contribution < -0.4 is 5.32 Å². The number of carboxylic acids is 1. The molecule has 5 heteroatoms. The minimum absolute atomic E-state index is 0.00736. The maximum absolute atomic E-state index is 10.6. The fraction of sp³-hybridized carbons (Fsp3) is 0.222. The summed E-state index contributed by atoms with van der Waals surface area (Å²) in [7, 11) is 0. The monoisotopic (exact) mass is 309 g/mol. The summed E-state index contributed by atoms with van der Waals surface area (Å²) in [6, 6.07) is 14.2. The number of benzene rings is 1. The molecule has 0 spiro atoms. The first kappa shape index (κ1) is 15.2. The highest BCUT2D eigenvalue weighted by Gasteiger charge is 2.08. The predicted molar refractivity (Wildman–Crippen MR) is 89.5 cm³/mol. The molecule has 0 aliphatic rings. The fourth-order valence-corrected chi connectivity index (χ4v) is 2.74. The summed E-state index contributed by atoms with van der Waals surface area (Å²) in [6.45, 7) is 1.36. The number of nitrogens with zero attached hydrogens (tertiary/aromatic N) is 2. The van der Waals surface area contributed by atoms with Gasteiger partial charge in [-0.2, -0.15) is 0 Å². The third-order valence-electron chi connectivity index (χ3n) is 3.78. The highest BCUT2D eigenvalue weighted by molar-refractivity contribution is 5.84. The maximum Gasteiger partial charge on any atom is 0.317 e. The molecule has 0 radical (unpaired) electrons. The van der Waals surface area contributed by atoms with Gasteiger partial charge in [-0.25, -0.2) is 0 Å². The van der Waals surface area contributed by atoms with Crippen molar-refractivity contribution in [3.63, 3.8) is 0 Å². The number of hydrogen-bond acceptors (Lipinski definition) is 3. The van der Waals surface area contributed by atoms with E-state index >= 15 is 0 Å². The molecule has 0 aliphatic carbocycles. The lowest BCUT2D eigenvalue weighted by Gasteiger charge is -2.04. The van der Waals surface area contributed by atoms with Gasteiger partial charge in [0.25, 0.3) is 0 Å². The van der Waals surface area contributed by atoms with Gasteiger partial charge >= 0.3 is 5.97 Å². The van der Waals surface area contributed by atoms with E-state index in [4.69, 9.17) is 5.11 Å². The van der Waals surface area contributed by atoms with Gasteiger partial charge in [0, 0.05) is 23.3 Å². The first-order valence-electron chi connectivity index (χ1n) is 7.63. The van der Waals surface area contributed by atoms with Crippen LogP contribution >= 0.6 is 0 Å².